The molecule has 3 aromatic rings. The van der Waals surface area contributed by atoms with Gasteiger partial charge in [-0.05, 0) is 46.6 Å². The van der Waals surface area contributed by atoms with Gasteiger partial charge in [-0.2, -0.15) is 0 Å². The maximum absolute atomic E-state index is 15.1. The summed E-state index contributed by atoms with van der Waals surface area (Å²) in [5, 5.41) is 2.48. The molecule has 0 amide bonds. The fourth-order valence-electron chi connectivity index (χ4n) is 4.60. The molecule has 28 heavy (non-hydrogen) atoms. The Hall–Kier alpha value is -2.43. The lowest BCUT2D eigenvalue weighted by Gasteiger charge is -2.35. The van der Waals surface area contributed by atoms with Crippen LogP contribution in [0.4, 0.5) is 10.1 Å². The number of halogens is 1. The summed E-state index contributed by atoms with van der Waals surface area (Å²) in [6.45, 7) is 4.59. The molecule has 0 radical (unpaired) electrons. The van der Waals surface area contributed by atoms with Crippen LogP contribution < -0.4 is 4.90 Å². The van der Waals surface area contributed by atoms with Crippen molar-refractivity contribution >= 4 is 16.5 Å². The van der Waals surface area contributed by atoms with Crippen LogP contribution in [-0.4, -0.2) is 44.8 Å². The molecule has 2 aliphatic heterocycles. The van der Waals surface area contributed by atoms with Gasteiger partial charge in [-0.15, -0.1) is 0 Å². The van der Waals surface area contributed by atoms with Crippen LogP contribution in [0.2, 0.25) is 0 Å². The number of nitrogens with zero attached hydrogens (tertiary/aromatic N) is 2. The molecular weight excluding hydrogens is 351 g/mol. The molecule has 0 saturated carbocycles. The second-order valence-corrected chi connectivity index (χ2v) is 7.96. The van der Waals surface area contributed by atoms with Gasteiger partial charge in [0.2, 0.25) is 0 Å². The zero-order chi connectivity index (χ0) is 19.1. The van der Waals surface area contributed by atoms with Crippen LogP contribution >= 0.6 is 0 Å². The Kier molecular flexibility index (Phi) is 4.53. The molecule has 0 aromatic heterocycles. The van der Waals surface area contributed by atoms with E-state index < -0.39 is 0 Å². The van der Waals surface area contributed by atoms with E-state index in [0.29, 0.717) is 13.2 Å². The summed E-state index contributed by atoms with van der Waals surface area (Å²) in [7, 11) is 2.15. The summed E-state index contributed by atoms with van der Waals surface area (Å²) in [6, 6.07) is 18.9. The van der Waals surface area contributed by atoms with Crippen molar-refractivity contribution in [3.8, 4) is 0 Å². The van der Waals surface area contributed by atoms with Crippen molar-refractivity contribution in [1.82, 2.24) is 4.90 Å². The fraction of sp³-hybridized carbons (Fsp3) is 0.333. The number of anilines is 1. The lowest BCUT2D eigenvalue weighted by Crippen LogP contribution is -2.37. The summed E-state index contributed by atoms with van der Waals surface area (Å²) in [4.78, 5) is 4.45. The van der Waals surface area contributed by atoms with Gasteiger partial charge in [-0.3, -0.25) is 0 Å². The number of benzene rings is 3. The molecule has 2 aliphatic rings. The van der Waals surface area contributed by atoms with Crippen LogP contribution in [0.5, 0.6) is 0 Å². The van der Waals surface area contributed by atoms with Crippen LogP contribution in [0.1, 0.15) is 22.6 Å². The van der Waals surface area contributed by atoms with Crippen molar-refractivity contribution in [2.75, 3.05) is 44.8 Å². The maximum atomic E-state index is 15.1. The minimum Gasteiger partial charge on any atom is -0.378 e. The lowest BCUT2D eigenvalue weighted by molar-refractivity contribution is 0.122. The highest BCUT2D eigenvalue weighted by Crippen LogP contribution is 2.37. The molecule has 5 rings (SSSR count). The Morgan fingerprint density at radius 1 is 0.964 bits per heavy atom. The van der Waals surface area contributed by atoms with E-state index in [4.69, 9.17) is 4.74 Å². The second kappa shape index (κ2) is 7.19. The Morgan fingerprint density at radius 3 is 2.57 bits per heavy atom. The molecule has 4 heteroatoms. The minimum atomic E-state index is -0.115. The molecule has 3 aromatic carbocycles. The average Bonchev–Trinajstić information content (AvgIpc) is 2.73. The summed E-state index contributed by atoms with van der Waals surface area (Å²) >= 11 is 0. The van der Waals surface area contributed by atoms with Crippen LogP contribution in [0.25, 0.3) is 10.8 Å². The van der Waals surface area contributed by atoms with E-state index in [2.05, 4.69) is 65.4 Å². The zero-order valence-electron chi connectivity index (χ0n) is 16.2. The van der Waals surface area contributed by atoms with Crippen LogP contribution in [0, 0.1) is 5.82 Å². The number of ether oxygens (including phenoxy) is 1. The van der Waals surface area contributed by atoms with Gasteiger partial charge < -0.3 is 14.5 Å². The molecule has 1 saturated heterocycles. The first-order chi connectivity index (χ1) is 13.7. The van der Waals surface area contributed by atoms with E-state index in [1.165, 1.54) is 21.9 Å². The smallest absolute Gasteiger partial charge is 0.146 e. The van der Waals surface area contributed by atoms with Crippen molar-refractivity contribution in [2.24, 2.45) is 0 Å². The van der Waals surface area contributed by atoms with Gasteiger partial charge in [0.1, 0.15) is 5.82 Å². The Morgan fingerprint density at radius 2 is 1.75 bits per heavy atom. The molecule has 0 N–H and O–H groups in total. The number of rotatable bonds is 2. The van der Waals surface area contributed by atoms with Crippen molar-refractivity contribution in [3.63, 3.8) is 0 Å². The van der Waals surface area contributed by atoms with Crippen molar-refractivity contribution in [3.05, 3.63) is 77.1 Å². The van der Waals surface area contributed by atoms with Gasteiger partial charge in [0.15, 0.2) is 0 Å². The molecule has 2 heterocycles. The van der Waals surface area contributed by atoms with Gasteiger partial charge in [0.05, 0.1) is 18.9 Å². The first-order valence-electron chi connectivity index (χ1n) is 10.0. The van der Waals surface area contributed by atoms with Crippen LogP contribution in [-0.2, 0) is 11.3 Å². The van der Waals surface area contributed by atoms with E-state index in [1.807, 2.05) is 0 Å². The first-order valence-corrected chi connectivity index (χ1v) is 10.0. The molecule has 3 nitrogen and oxygen atoms in total. The number of fused-ring (bicyclic) bond motifs is 2. The number of hydrogen-bond acceptors (Lipinski definition) is 3. The molecule has 1 atom stereocenters. The third-order valence-corrected chi connectivity index (χ3v) is 6.05. The van der Waals surface area contributed by atoms with E-state index in [0.717, 1.165) is 37.4 Å². The molecule has 0 spiro atoms. The van der Waals surface area contributed by atoms with Crippen LogP contribution in [0.15, 0.2) is 54.6 Å². The Labute approximate surface area is 165 Å². The number of hydrogen-bond donors (Lipinski definition) is 0. The molecule has 1 fully saturated rings. The van der Waals surface area contributed by atoms with Crippen molar-refractivity contribution in [1.29, 1.82) is 0 Å². The fourth-order valence-corrected chi connectivity index (χ4v) is 4.60. The quantitative estimate of drug-likeness (QED) is 0.660. The standard InChI is InChI=1S/C24H25FN2O/c1-26-15-20-13-24(27-8-10-28-11-9-27)23(25)14-21(20)22(16-26)19-7-6-17-4-2-3-5-18(17)12-19/h2-7,12-14,22H,8-11,15-16H2,1H3. The monoisotopic (exact) mass is 376 g/mol. The highest BCUT2D eigenvalue weighted by atomic mass is 19.1. The van der Waals surface area contributed by atoms with Crippen molar-refractivity contribution < 1.29 is 9.13 Å². The predicted octanol–water partition coefficient (Wildman–Crippen LogP) is 4.39. The topological polar surface area (TPSA) is 15.7 Å². The van der Waals surface area contributed by atoms with E-state index in [9.17, 15) is 0 Å². The van der Waals surface area contributed by atoms with E-state index in [1.54, 1.807) is 6.07 Å². The largest absolute Gasteiger partial charge is 0.378 e. The molecule has 144 valence electrons. The third kappa shape index (κ3) is 3.17. The van der Waals surface area contributed by atoms with Gasteiger partial charge in [-0.1, -0.05) is 42.5 Å². The zero-order valence-corrected chi connectivity index (χ0v) is 16.2. The first kappa shape index (κ1) is 17.7. The molecule has 1 unspecified atom stereocenters. The summed E-state index contributed by atoms with van der Waals surface area (Å²) in [6.07, 6.45) is 0. The molecule has 0 bridgehead atoms. The number of morpholine rings is 1. The number of likely N-dealkylation sites (N-methyl/N-ethyl adjacent to an activating group) is 1. The summed E-state index contributed by atoms with van der Waals surface area (Å²) in [5.74, 6) is 0.0718. The minimum absolute atomic E-state index is 0.115. The van der Waals surface area contributed by atoms with Crippen molar-refractivity contribution in [2.45, 2.75) is 12.5 Å². The Bertz CT molecular complexity index is 1010. The van der Waals surface area contributed by atoms with Gasteiger partial charge in [0.25, 0.3) is 0 Å². The summed E-state index contributed by atoms with van der Waals surface area (Å²) in [5.41, 5.74) is 4.33. The van der Waals surface area contributed by atoms with E-state index >= 15 is 4.39 Å². The van der Waals surface area contributed by atoms with Gasteiger partial charge in [-0.25, -0.2) is 4.39 Å². The average molecular weight is 376 g/mol. The normalized spacial score (nSPS) is 20.4. The maximum Gasteiger partial charge on any atom is 0.146 e. The molecule has 0 aliphatic carbocycles. The third-order valence-electron chi connectivity index (χ3n) is 6.05. The highest BCUT2D eigenvalue weighted by molar-refractivity contribution is 5.83. The van der Waals surface area contributed by atoms with Gasteiger partial charge >= 0.3 is 0 Å². The Balaban J connectivity index is 1.57. The molecular formula is C24H25FN2O. The second-order valence-electron chi connectivity index (χ2n) is 7.96. The van der Waals surface area contributed by atoms with Gasteiger partial charge in [0, 0.05) is 32.1 Å². The van der Waals surface area contributed by atoms with Crippen LogP contribution in [0.3, 0.4) is 0 Å². The van der Waals surface area contributed by atoms with E-state index in [-0.39, 0.29) is 11.7 Å². The highest BCUT2D eigenvalue weighted by Gasteiger charge is 2.28. The SMILES string of the molecule is CN1Cc2cc(N3CCOCC3)c(F)cc2C(c2ccc3ccccc3c2)C1. The summed E-state index contributed by atoms with van der Waals surface area (Å²) < 4.78 is 20.5. The predicted molar refractivity (Wildman–Crippen MR) is 112 cm³/mol. The lowest BCUT2D eigenvalue weighted by atomic mass is 9.83.